The van der Waals surface area contributed by atoms with Crippen LogP contribution in [0.25, 0.3) is 0 Å². The average molecular weight is 314 g/mol. The molecule has 0 rings (SSSR count). The molecule has 0 amide bonds. The Hall–Kier alpha value is -0.290. The predicted octanol–water partition coefficient (Wildman–Crippen LogP) is -2.09. The SMILES string of the molecule is CC(C)CC(CO)N(CCO)CC(O)C(O)S(=O)(=O)[O-]. The quantitative estimate of drug-likeness (QED) is 0.336. The highest BCUT2D eigenvalue weighted by Gasteiger charge is 2.28. The Morgan fingerprint density at radius 2 is 1.75 bits per heavy atom. The van der Waals surface area contributed by atoms with Crippen LogP contribution in [0, 0.1) is 5.92 Å². The Bertz CT molecular complexity index is 360. The second-order valence-corrected chi connectivity index (χ2v) is 6.60. The lowest BCUT2D eigenvalue weighted by atomic mass is 10.0. The minimum absolute atomic E-state index is 0.0840. The third-order valence-electron chi connectivity index (χ3n) is 2.90. The van der Waals surface area contributed by atoms with Crippen LogP contribution in [0.1, 0.15) is 20.3 Å². The molecule has 3 unspecified atom stereocenters. The maximum Gasteiger partial charge on any atom is 0.170 e. The predicted molar refractivity (Wildman–Crippen MR) is 70.7 cm³/mol. The van der Waals surface area contributed by atoms with Crippen molar-refractivity contribution in [2.45, 2.75) is 37.9 Å². The molecule has 9 heteroatoms. The van der Waals surface area contributed by atoms with Crippen molar-refractivity contribution in [2.75, 3.05) is 26.3 Å². The number of hydrogen-bond acceptors (Lipinski definition) is 8. The third-order valence-corrected chi connectivity index (χ3v) is 3.81. The molecule has 3 atom stereocenters. The fourth-order valence-electron chi connectivity index (χ4n) is 1.96. The molecule has 0 saturated heterocycles. The zero-order chi connectivity index (χ0) is 15.9. The highest BCUT2D eigenvalue weighted by molar-refractivity contribution is 7.86. The zero-order valence-electron chi connectivity index (χ0n) is 11.7. The molecule has 0 heterocycles. The van der Waals surface area contributed by atoms with Crippen molar-refractivity contribution in [3.8, 4) is 0 Å². The molecule has 0 bridgehead atoms. The fraction of sp³-hybridized carbons (Fsp3) is 1.00. The van der Waals surface area contributed by atoms with Crippen molar-refractivity contribution >= 4 is 10.1 Å². The van der Waals surface area contributed by atoms with Gasteiger partial charge in [0.25, 0.3) is 0 Å². The van der Waals surface area contributed by atoms with Crippen LogP contribution < -0.4 is 0 Å². The van der Waals surface area contributed by atoms with Gasteiger partial charge in [0.2, 0.25) is 0 Å². The Morgan fingerprint density at radius 3 is 2.10 bits per heavy atom. The summed E-state index contributed by atoms with van der Waals surface area (Å²) in [5.74, 6) is 0.235. The smallest absolute Gasteiger partial charge is 0.170 e. The van der Waals surface area contributed by atoms with Gasteiger partial charge in [0.15, 0.2) is 5.44 Å². The van der Waals surface area contributed by atoms with Gasteiger partial charge in [0.1, 0.15) is 16.2 Å². The van der Waals surface area contributed by atoms with E-state index < -0.39 is 27.7 Å². The summed E-state index contributed by atoms with van der Waals surface area (Å²) < 4.78 is 31.9. The van der Waals surface area contributed by atoms with Crippen molar-refractivity contribution < 1.29 is 33.4 Å². The van der Waals surface area contributed by atoms with Gasteiger partial charge in [-0.25, -0.2) is 8.42 Å². The van der Waals surface area contributed by atoms with Gasteiger partial charge in [-0.3, -0.25) is 4.90 Å². The lowest BCUT2D eigenvalue weighted by Gasteiger charge is -2.34. The van der Waals surface area contributed by atoms with Crippen LogP contribution in [0.3, 0.4) is 0 Å². The Kier molecular flexibility index (Phi) is 8.75. The van der Waals surface area contributed by atoms with E-state index in [2.05, 4.69) is 0 Å². The van der Waals surface area contributed by atoms with Crippen molar-refractivity contribution in [2.24, 2.45) is 5.92 Å². The van der Waals surface area contributed by atoms with Crippen molar-refractivity contribution in [1.29, 1.82) is 0 Å². The van der Waals surface area contributed by atoms with Crippen LogP contribution in [0.15, 0.2) is 0 Å². The van der Waals surface area contributed by atoms with Crippen LogP contribution in [0.5, 0.6) is 0 Å². The topological polar surface area (TPSA) is 141 Å². The molecule has 0 aromatic rings. The largest absolute Gasteiger partial charge is 0.746 e. The molecule has 4 N–H and O–H groups in total. The monoisotopic (exact) mass is 314 g/mol. The highest BCUT2D eigenvalue weighted by Crippen LogP contribution is 2.13. The summed E-state index contributed by atoms with van der Waals surface area (Å²) in [6.07, 6.45) is -1.24. The first kappa shape index (κ1) is 19.7. The van der Waals surface area contributed by atoms with E-state index >= 15 is 0 Å². The fourth-order valence-corrected chi connectivity index (χ4v) is 2.43. The number of hydrogen-bond donors (Lipinski definition) is 4. The summed E-state index contributed by atoms with van der Waals surface area (Å²) in [5.41, 5.74) is -2.43. The van der Waals surface area contributed by atoms with E-state index in [0.29, 0.717) is 6.42 Å². The maximum absolute atomic E-state index is 10.6. The van der Waals surface area contributed by atoms with Gasteiger partial charge in [0.05, 0.1) is 13.2 Å². The molecule has 20 heavy (non-hydrogen) atoms. The van der Waals surface area contributed by atoms with Gasteiger partial charge >= 0.3 is 0 Å². The van der Waals surface area contributed by atoms with E-state index in [9.17, 15) is 28.3 Å². The summed E-state index contributed by atoms with van der Waals surface area (Å²) in [6, 6.07) is -0.404. The summed E-state index contributed by atoms with van der Waals surface area (Å²) in [6.45, 7) is 3.09. The number of rotatable bonds is 10. The minimum atomic E-state index is -5.01. The highest BCUT2D eigenvalue weighted by atomic mass is 32.2. The molecule has 0 saturated carbocycles. The van der Waals surface area contributed by atoms with Crippen LogP contribution in [-0.4, -0.2) is 82.2 Å². The van der Waals surface area contributed by atoms with Crippen molar-refractivity contribution in [3.63, 3.8) is 0 Å². The maximum atomic E-state index is 10.6. The van der Waals surface area contributed by atoms with Gasteiger partial charge in [-0.2, -0.15) is 0 Å². The molecule has 0 spiro atoms. The average Bonchev–Trinajstić information content (AvgIpc) is 2.33. The normalized spacial score (nSPS) is 17.4. The third kappa shape index (κ3) is 6.93. The van der Waals surface area contributed by atoms with E-state index in [1.165, 1.54) is 4.90 Å². The van der Waals surface area contributed by atoms with Gasteiger partial charge in [-0.15, -0.1) is 0 Å². The Morgan fingerprint density at radius 1 is 1.20 bits per heavy atom. The molecule has 122 valence electrons. The van der Waals surface area contributed by atoms with E-state index in [1.54, 1.807) is 0 Å². The second kappa shape index (κ2) is 8.88. The van der Waals surface area contributed by atoms with Crippen LogP contribution >= 0.6 is 0 Å². The van der Waals surface area contributed by atoms with Crippen LogP contribution in [-0.2, 0) is 10.1 Å². The molecular formula is C11H24NO7S-. The molecule has 0 aliphatic heterocycles. The first-order valence-corrected chi connectivity index (χ1v) is 7.87. The second-order valence-electron chi connectivity index (χ2n) is 5.14. The van der Waals surface area contributed by atoms with E-state index in [4.69, 9.17) is 5.11 Å². The summed E-state index contributed by atoms with van der Waals surface area (Å²) in [5, 5.41) is 37.1. The number of aliphatic hydroxyl groups excluding tert-OH is 4. The number of nitrogens with zero attached hydrogens (tertiary/aromatic N) is 1. The molecule has 0 aromatic carbocycles. The molecule has 0 aliphatic rings. The van der Waals surface area contributed by atoms with E-state index in [-0.39, 0.29) is 32.2 Å². The molecule has 0 aliphatic carbocycles. The summed E-state index contributed by atoms with van der Waals surface area (Å²) in [7, 11) is -5.01. The standard InChI is InChI=1S/C11H25NO7S/c1-8(2)5-9(7-14)12(3-4-13)6-10(15)11(16)20(17,18)19/h8-11,13-16H,3-7H2,1-2H3,(H,17,18,19)/p-1. The van der Waals surface area contributed by atoms with Crippen LogP contribution in [0.2, 0.25) is 0 Å². The molecule has 0 fully saturated rings. The van der Waals surface area contributed by atoms with Crippen molar-refractivity contribution in [3.05, 3.63) is 0 Å². The van der Waals surface area contributed by atoms with E-state index in [0.717, 1.165) is 0 Å². The Balaban J connectivity index is 4.82. The number of aliphatic hydroxyl groups is 4. The zero-order valence-corrected chi connectivity index (χ0v) is 12.5. The first-order chi connectivity index (χ1) is 9.13. The summed E-state index contributed by atoms with van der Waals surface area (Å²) in [4.78, 5) is 1.46. The molecular weight excluding hydrogens is 290 g/mol. The van der Waals surface area contributed by atoms with E-state index in [1.807, 2.05) is 13.8 Å². The summed E-state index contributed by atoms with van der Waals surface area (Å²) >= 11 is 0. The van der Waals surface area contributed by atoms with Gasteiger partial charge in [0, 0.05) is 19.1 Å². The first-order valence-electron chi connectivity index (χ1n) is 6.40. The molecule has 8 nitrogen and oxygen atoms in total. The van der Waals surface area contributed by atoms with Gasteiger partial charge < -0.3 is 25.0 Å². The van der Waals surface area contributed by atoms with Gasteiger partial charge in [-0.05, 0) is 12.3 Å². The van der Waals surface area contributed by atoms with Crippen LogP contribution in [0.4, 0.5) is 0 Å². The lowest BCUT2D eigenvalue weighted by molar-refractivity contribution is 0.00368. The lowest BCUT2D eigenvalue weighted by Crippen LogP contribution is -2.49. The van der Waals surface area contributed by atoms with Gasteiger partial charge in [-0.1, -0.05) is 13.8 Å². The van der Waals surface area contributed by atoms with Crippen molar-refractivity contribution in [1.82, 2.24) is 4.90 Å². The Labute approximate surface area is 119 Å². The minimum Gasteiger partial charge on any atom is -0.746 e. The molecule has 0 aromatic heterocycles. The molecule has 0 radical (unpaired) electrons.